The molecule has 2 aliphatic rings. The topological polar surface area (TPSA) is 30.5 Å². The summed E-state index contributed by atoms with van der Waals surface area (Å²) in [7, 11) is 0. The Bertz CT molecular complexity index is 512. The van der Waals surface area contributed by atoms with Crippen LogP contribution in [0.25, 0.3) is 0 Å². The van der Waals surface area contributed by atoms with Crippen molar-refractivity contribution in [1.29, 1.82) is 0 Å². The van der Waals surface area contributed by atoms with Gasteiger partial charge in [-0.05, 0) is 32.8 Å². The van der Waals surface area contributed by atoms with Crippen molar-refractivity contribution in [2.24, 2.45) is 0 Å². The maximum atomic E-state index is 6.39. The average Bonchev–Trinajstić information content (AvgIpc) is 2.46. The van der Waals surface area contributed by atoms with Crippen molar-refractivity contribution in [2.75, 3.05) is 0 Å². The quantitative estimate of drug-likeness (QED) is 0.892. The molecule has 1 aromatic rings. The molecule has 1 N–H and O–H groups in total. The molecule has 2 atom stereocenters. The fraction of sp³-hybridized carbons (Fsp3) is 0.667. The van der Waals surface area contributed by atoms with Crippen molar-refractivity contribution in [3.63, 3.8) is 0 Å². The van der Waals surface area contributed by atoms with Crippen molar-refractivity contribution < 1.29 is 9.47 Å². The lowest BCUT2D eigenvalue weighted by Gasteiger charge is -2.55. The van der Waals surface area contributed by atoms with Gasteiger partial charge in [0.05, 0.1) is 6.61 Å². The van der Waals surface area contributed by atoms with Gasteiger partial charge in [-0.25, -0.2) is 0 Å². The number of fused-ring (bicyclic) bond motifs is 1. The van der Waals surface area contributed by atoms with Crippen LogP contribution in [0.5, 0.6) is 5.75 Å². The summed E-state index contributed by atoms with van der Waals surface area (Å²) in [5.74, 6) is 0.498. The van der Waals surface area contributed by atoms with E-state index in [0.717, 1.165) is 37.0 Å². The van der Waals surface area contributed by atoms with Crippen LogP contribution >= 0.6 is 0 Å². The highest BCUT2D eigenvalue weighted by Gasteiger charge is 2.53. The molecule has 2 unspecified atom stereocenters. The van der Waals surface area contributed by atoms with Crippen LogP contribution < -0.4 is 10.1 Å². The van der Waals surface area contributed by atoms with Gasteiger partial charge in [-0.2, -0.15) is 0 Å². The molecular formula is C18H27NO2. The van der Waals surface area contributed by atoms with E-state index in [2.05, 4.69) is 45.1 Å². The molecule has 0 aromatic heterocycles. The maximum Gasteiger partial charge on any atom is 0.214 e. The van der Waals surface area contributed by atoms with Gasteiger partial charge in [0.15, 0.2) is 0 Å². The van der Waals surface area contributed by atoms with E-state index in [9.17, 15) is 0 Å². The fourth-order valence-electron chi connectivity index (χ4n) is 3.83. The fourth-order valence-corrected chi connectivity index (χ4v) is 3.83. The van der Waals surface area contributed by atoms with E-state index >= 15 is 0 Å². The summed E-state index contributed by atoms with van der Waals surface area (Å²) in [5.41, 5.74) is 1.25. The molecule has 0 bridgehead atoms. The van der Waals surface area contributed by atoms with Crippen LogP contribution in [0.2, 0.25) is 0 Å². The molecule has 1 saturated heterocycles. The smallest absolute Gasteiger partial charge is 0.214 e. The van der Waals surface area contributed by atoms with Gasteiger partial charge in [0.25, 0.3) is 0 Å². The molecule has 116 valence electrons. The standard InChI is InChI=1S/C18H27NO2/c1-5-16(3)12-18(13-17(4,6-2)19-16)20-11-14-9-7-8-10-15(14)21-18/h7-10,19H,5-6,11-13H2,1-4H3. The van der Waals surface area contributed by atoms with Crippen molar-refractivity contribution in [2.45, 2.75) is 76.9 Å². The first-order chi connectivity index (χ1) is 9.92. The Morgan fingerprint density at radius 2 is 1.67 bits per heavy atom. The van der Waals surface area contributed by atoms with E-state index < -0.39 is 5.79 Å². The van der Waals surface area contributed by atoms with Crippen LogP contribution in [0.15, 0.2) is 24.3 Å². The van der Waals surface area contributed by atoms with Gasteiger partial charge in [0, 0.05) is 29.5 Å². The Labute approximate surface area is 128 Å². The van der Waals surface area contributed by atoms with Gasteiger partial charge < -0.3 is 14.8 Å². The van der Waals surface area contributed by atoms with Crippen LogP contribution in [-0.2, 0) is 11.3 Å². The summed E-state index contributed by atoms with van der Waals surface area (Å²) in [6.07, 6.45) is 3.91. The molecule has 1 spiro atoms. The predicted octanol–water partition coefficient (Wildman–Crippen LogP) is 4.01. The zero-order valence-corrected chi connectivity index (χ0v) is 13.7. The maximum absolute atomic E-state index is 6.39. The number of hydrogen-bond donors (Lipinski definition) is 1. The Morgan fingerprint density at radius 1 is 1.05 bits per heavy atom. The highest BCUT2D eigenvalue weighted by Crippen LogP contribution is 2.45. The molecule has 0 aliphatic carbocycles. The number of nitrogens with one attached hydrogen (secondary N) is 1. The number of benzene rings is 1. The van der Waals surface area contributed by atoms with Crippen LogP contribution in [0.4, 0.5) is 0 Å². The van der Waals surface area contributed by atoms with Gasteiger partial charge in [0.2, 0.25) is 5.79 Å². The van der Waals surface area contributed by atoms with Crippen molar-refractivity contribution in [3.8, 4) is 5.75 Å². The van der Waals surface area contributed by atoms with Gasteiger partial charge in [-0.1, -0.05) is 32.0 Å². The molecule has 3 rings (SSSR count). The van der Waals surface area contributed by atoms with Gasteiger partial charge in [0.1, 0.15) is 5.75 Å². The molecule has 2 aliphatic heterocycles. The molecule has 1 fully saturated rings. The molecular weight excluding hydrogens is 262 g/mol. The molecule has 1 aromatic carbocycles. The second kappa shape index (κ2) is 4.99. The minimum absolute atomic E-state index is 0.0509. The Kier molecular flexibility index (Phi) is 3.53. The SMILES string of the molecule is CCC1(C)CC2(CC(C)(CC)N1)OCc1ccccc1O2. The van der Waals surface area contributed by atoms with Crippen LogP contribution in [0.1, 0.15) is 58.9 Å². The Balaban J connectivity index is 1.94. The summed E-state index contributed by atoms with van der Waals surface area (Å²) in [6, 6.07) is 8.23. The van der Waals surface area contributed by atoms with Gasteiger partial charge in [-0.3, -0.25) is 0 Å². The van der Waals surface area contributed by atoms with Crippen molar-refractivity contribution in [1.82, 2.24) is 5.32 Å². The zero-order chi connectivity index (χ0) is 15.1. The van der Waals surface area contributed by atoms with Crippen molar-refractivity contribution in [3.05, 3.63) is 29.8 Å². The molecule has 3 heteroatoms. The van der Waals surface area contributed by atoms with Crippen molar-refractivity contribution >= 4 is 0 Å². The summed E-state index contributed by atoms with van der Waals surface area (Å²) in [6.45, 7) is 9.69. The molecule has 0 radical (unpaired) electrons. The molecule has 0 amide bonds. The largest absolute Gasteiger partial charge is 0.462 e. The molecule has 2 heterocycles. The van der Waals surface area contributed by atoms with E-state index in [1.807, 2.05) is 12.1 Å². The summed E-state index contributed by atoms with van der Waals surface area (Å²) < 4.78 is 12.7. The van der Waals surface area contributed by atoms with Gasteiger partial charge >= 0.3 is 0 Å². The molecule has 3 nitrogen and oxygen atoms in total. The lowest BCUT2D eigenvalue weighted by atomic mass is 9.74. The third-order valence-electron chi connectivity index (χ3n) is 5.24. The second-order valence-electron chi connectivity index (χ2n) is 7.22. The van der Waals surface area contributed by atoms with E-state index in [4.69, 9.17) is 9.47 Å². The predicted molar refractivity (Wildman–Crippen MR) is 84.4 cm³/mol. The lowest BCUT2D eigenvalue weighted by Crippen LogP contribution is -2.67. The first-order valence-corrected chi connectivity index (χ1v) is 8.12. The minimum Gasteiger partial charge on any atom is -0.462 e. The normalized spacial score (nSPS) is 38.9. The summed E-state index contributed by atoms with van der Waals surface area (Å²) >= 11 is 0. The third-order valence-corrected chi connectivity index (χ3v) is 5.24. The minimum atomic E-state index is -0.491. The second-order valence-corrected chi connectivity index (χ2v) is 7.22. The number of hydrogen-bond acceptors (Lipinski definition) is 3. The number of ether oxygens (including phenoxy) is 2. The Morgan fingerprint density at radius 3 is 2.29 bits per heavy atom. The van der Waals surface area contributed by atoms with E-state index in [0.29, 0.717) is 6.61 Å². The van der Waals surface area contributed by atoms with Crippen LogP contribution in [0, 0.1) is 0 Å². The number of rotatable bonds is 2. The first kappa shape index (κ1) is 14.9. The third kappa shape index (κ3) is 2.69. The van der Waals surface area contributed by atoms with E-state index in [-0.39, 0.29) is 11.1 Å². The summed E-state index contributed by atoms with van der Waals surface area (Å²) in [5, 5.41) is 3.84. The highest BCUT2D eigenvalue weighted by molar-refractivity contribution is 5.34. The zero-order valence-electron chi connectivity index (χ0n) is 13.7. The number of para-hydroxylation sites is 1. The van der Waals surface area contributed by atoms with Gasteiger partial charge in [-0.15, -0.1) is 0 Å². The molecule has 0 saturated carbocycles. The van der Waals surface area contributed by atoms with Crippen LogP contribution in [-0.4, -0.2) is 16.9 Å². The van der Waals surface area contributed by atoms with E-state index in [1.54, 1.807) is 0 Å². The number of piperidine rings is 1. The first-order valence-electron chi connectivity index (χ1n) is 8.12. The van der Waals surface area contributed by atoms with E-state index in [1.165, 1.54) is 0 Å². The highest BCUT2D eigenvalue weighted by atomic mass is 16.7. The molecule has 21 heavy (non-hydrogen) atoms. The summed E-state index contributed by atoms with van der Waals surface area (Å²) in [4.78, 5) is 0. The Hall–Kier alpha value is -1.06. The lowest BCUT2D eigenvalue weighted by molar-refractivity contribution is -0.247. The average molecular weight is 289 g/mol. The monoisotopic (exact) mass is 289 g/mol. The van der Waals surface area contributed by atoms with Crippen LogP contribution in [0.3, 0.4) is 0 Å².